The summed E-state index contributed by atoms with van der Waals surface area (Å²) in [7, 11) is 3.54. The van der Waals surface area contributed by atoms with E-state index < -0.39 is 5.97 Å². The van der Waals surface area contributed by atoms with Crippen molar-refractivity contribution in [2.75, 3.05) is 53.5 Å². The molecular formula is C12H23N3O4. The van der Waals surface area contributed by atoms with Gasteiger partial charge in [0.25, 0.3) is 0 Å². The van der Waals surface area contributed by atoms with Gasteiger partial charge in [0.05, 0.1) is 6.61 Å². The molecule has 19 heavy (non-hydrogen) atoms. The lowest BCUT2D eigenvalue weighted by Gasteiger charge is -2.40. The molecule has 1 N–H and O–H groups in total. The molecule has 0 aliphatic carbocycles. The van der Waals surface area contributed by atoms with Crippen molar-refractivity contribution >= 4 is 12.0 Å². The molecule has 0 spiro atoms. The smallest absolute Gasteiger partial charge is 0.323 e. The van der Waals surface area contributed by atoms with Gasteiger partial charge in [-0.2, -0.15) is 0 Å². The first kappa shape index (κ1) is 15.7. The summed E-state index contributed by atoms with van der Waals surface area (Å²) in [4.78, 5) is 28.4. The Bertz CT molecular complexity index is 324. The highest BCUT2D eigenvalue weighted by Crippen LogP contribution is 2.11. The Hall–Kier alpha value is -1.34. The van der Waals surface area contributed by atoms with E-state index in [1.165, 1.54) is 12.0 Å². The number of hydrogen-bond donors (Lipinski definition) is 1. The Morgan fingerprint density at radius 1 is 1.42 bits per heavy atom. The van der Waals surface area contributed by atoms with Gasteiger partial charge >= 0.3 is 12.0 Å². The zero-order valence-corrected chi connectivity index (χ0v) is 11.8. The van der Waals surface area contributed by atoms with Crippen molar-refractivity contribution in [2.24, 2.45) is 0 Å². The van der Waals surface area contributed by atoms with E-state index in [0.29, 0.717) is 19.7 Å². The van der Waals surface area contributed by atoms with Gasteiger partial charge in [-0.05, 0) is 14.0 Å². The maximum atomic E-state index is 12.4. The van der Waals surface area contributed by atoms with Crippen LogP contribution in [0.1, 0.15) is 6.92 Å². The molecule has 1 heterocycles. The maximum Gasteiger partial charge on any atom is 0.323 e. The molecule has 110 valence electrons. The SMILES string of the molecule is COCCN(CC(=O)O)C(=O)N1CCN(C)CC1C. The number of likely N-dealkylation sites (N-methyl/N-ethyl adjacent to an activating group) is 1. The van der Waals surface area contributed by atoms with Gasteiger partial charge in [-0.3, -0.25) is 4.79 Å². The van der Waals surface area contributed by atoms with Crippen LogP contribution in [0.25, 0.3) is 0 Å². The fourth-order valence-corrected chi connectivity index (χ4v) is 2.21. The molecule has 1 fully saturated rings. The summed E-state index contributed by atoms with van der Waals surface area (Å²) in [6.45, 7) is 4.55. The number of piperazine rings is 1. The molecule has 1 atom stereocenters. The van der Waals surface area contributed by atoms with Crippen molar-refractivity contribution < 1.29 is 19.4 Å². The van der Waals surface area contributed by atoms with E-state index in [-0.39, 0.29) is 18.6 Å². The zero-order chi connectivity index (χ0) is 14.4. The number of urea groups is 1. The van der Waals surface area contributed by atoms with Gasteiger partial charge in [0.1, 0.15) is 6.54 Å². The zero-order valence-electron chi connectivity index (χ0n) is 11.8. The second kappa shape index (κ2) is 7.30. The lowest BCUT2D eigenvalue weighted by atomic mass is 10.2. The second-order valence-corrected chi connectivity index (χ2v) is 4.90. The van der Waals surface area contributed by atoms with Crippen LogP contribution in [0.5, 0.6) is 0 Å². The van der Waals surface area contributed by atoms with Crippen LogP contribution in [0.3, 0.4) is 0 Å². The minimum Gasteiger partial charge on any atom is -0.480 e. The Labute approximate surface area is 113 Å². The molecular weight excluding hydrogens is 250 g/mol. The van der Waals surface area contributed by atoms with Crippen molar-refractivity contribution in [3.63, 3.8) is 0 Å². The van der Waals surface area contributed by atoms with Gasteiger partial charge in [-0.1, -0.05) is 0 Å². The summed E-state index contributed by atoms with van der Waals surface area (Å²) in [5.74, 6) is -1.01. The van der Waals surface area contributed by atoms with E-state index >= 15 is 0 Å². The van der Waals surface area contributed by atoms with Gasteiger partial charge < -0.3 is 24.5 Å². The Kier molecular flexibility index (Phi) is 6.04. The van der Waals surface area contributed by atoms with Crippen molar-refractivity contribution in [1.29, 1.82) is 0 Å². The minimum absolute atomic E-state index is 0.0880. The summed E-state index contributed by atoms with van der Waals surface area (Å²) < 4.78 is 4.92. The normalized spacial score (nSPS) is 20.4. The van der Waals surface area contributed by atoms with E-state index in [2.05, 4.69) is 4.90 Å². The third-order valence-corrected chi connectivity index (χ3v) is 3.24. The topological polar surface area (TPSA) is 73.3 Å². The molecule has 7 heteroatoms. The first-order valence-electron chi connectivity index (χ1n) is 6.40. The van der Waals surface area contributed by atoms with E-state index in [0.717, 1.165) is 13.1 Å². The van der Waals surface area contributed by atoms with Crippen LogP contribution < -0.4 is 0 Å². The van der Waals surface area contributed by atoms with Crippen LogP contribution in [-0.2, 0) is 9.53 Å². The number of carbonyl (C=O) groups excluding carboxylic acids is 1. The minimum atomic E-state index is -1.01. The highest BCUT2D eigenvalue weighted by molar-refractivity contribution is 5.80. The number of aliphatic carboxylic acids is 1. The number of ether oxygens (including phenoxy) is 1. The Morgan fingerprint density at radius 2 is 2.11 bits per heavy atom. The quantitative estimate of drug-likeness (QED) is 0.749. The molecule has 0 radical (unpaired) electrons. The first-order valence-corrected chi connectivity index (χ1v) is 6.40. The monoisotopic (exact) mass is 273 g/mol. The average molecular weight is 273 g/mol. The third kappa shape index (κ3) is 4.68. The molecule has 0 aromatic heterocycles. The lowest BCUT2D eigenvalue weighted by molar-refractivity contribution is -0.137. The van der Waals surface area contributed by atoms with Gasteiger partial charge in [0.2, 0.25) is 0 Å². The summed E-state index contributed by atoms with van der Waals surface area (Å²) in [5.41, 5.74) is 0. The predicted molar refractivity (Wildman–Crippen MR) is 70.1 cm³/mol. The largest absolute Gasteiger partial charge is 0.480 e. The highest BCUT2D eigenvalue weighted by atomic mass is 16.5. The van der Waals surface area contributed by atoms with Crippen LogP contribution >= 0.6 is 0 Å². The van der Waals surface area contributed by atoms with Crippen molar-refractivity contribution in [3.05, 3.63) is 0 Å². The number of carboxylic acid groups (broad SMARTS) is 1. The van der Waals surface area contributed by atoms with E-state index in [1.807, 2.05) is 14.0 Å². The van der Waals surface area contributed by atoms with Crippen LogP contribution in [0.15, 0.2) is 0 Å². The third-order valence-electron chi connectivity index (χ3n) is 3.24. The number of rotatable bonds is 5. The number of nitrogens with zero attached hydrogens (tertiary/aromatic N) is 3. The fraction of sp³-hybridized carbons (Fsp3) is 0.833. The van der Waals surface area contributed by atoms with Crippen molar-refractivity contribution in [2.45, 2.75) is 13.0 Å². The van der Waals surface area contributed by atoms with Crippen LogP contribution in [0.4, 0.5) is 4.79 Å². The summed E-state index contributed by atoms with van der Waals surface area (Å²) in [6.07, 6.45) is 0. The van der Waals surface area contributed by atoms with Crippen LogP contribution in [-0.4, -0.2) is 91.3 Å². The fourth-order valence-electron chi connectivity index (χ4n) is 2.21. The molecule has 1 saturated heterocycles. The molecule has 0 aromatic rings. The lowest BCUT2D eigenvalue weighted by Crippen LogP contribution is -2.57. The molecule has 0 saturated carbocycles. The first-order chi connectivity index (χ1) is 8.95. The van der Waals surface area contributed by atoms with Crippen LogP contribution in [0.2, 0.25) is 0 Å². The number of hydrogen-bond acceptors (Lipinski definition) is 4. The molecule has 1 aliphatic rings. The van der Waals surface area contributed by atoms with E-state index in [9.17, 15) is 9.59 Å². The number of amides is 2. The van der Waals surface area contributed by atoms with Gasteiger partial charge in [0, 0.05) is 39.3 Å². The highest BCUT2D eigenvalue weighted by Gasteiger charge is 2.29. The average Bonchev–Trinajstić information content (AvgIpc) is 2.33. The Morgan fingerprint density at radius 3 is 2.63 bits per heavy atom. The number of carbonyl (C=O) groups is 2. The molecule has 0 bridgehead atoms. The van der Waals surface area contributed by atoms with Gasteiger partial charge in [-0.25, -0.2) is 4.79 Å². The number of carboxylic acids is 1. The predicted octanol–water partition coefficient (Wildman–Crippen LogP) is -0.225. The maximum absolute atomic E-state index is 12.4. The van der Waals surface area contributed by atoms with E-state index in [4.69, 9.17) is 9.84 Å². The standard InChI is InChI=1S/C12H23N3O4/c1-10-8-13(2)4-5-15(10)12(18)14(6-7-19-3)9-11(16)17/h10H,4-9H2,1-3H3,(H,16,17). The molecule has 1 rings (SSSR count). The molecule has 1 unspecified atom stereocenters. The molecule has 0 aromatic carbocycles. The summed E-state index contributed by atoms with van der Waals surface area (Å²) in [6, 6.07) is -0.134. The molecule has 7 nitrogen and oxygen atoms in total. The number of methoxy groups -OCH3 is 1. The van der Waals surface area contributed by atoms with Crippen LogP contribution in [0, 0.1) is 0 Å². The summed E-state index contributed by atoms with van der Waals surface area (Å²) in [5, 5.41) is 8.88. The van der Waals surface area contributed by atoms with Gasteiger partial charge in [-0.15, -0.1) is 0 Å². The molecule has 2 amide bonds. The van der Waals surface area contributed by atoms with E-state index in [1.54, 1.807) is 4.90 Å². The van der Waals surface area contributed by atoms with Gasteiger partial charge in [0.15, 0.2) is 0 Å². The van der Waals surface area contributed by atoms with Crippen molar-refractivity contribution in [1.82, 2.24) is 14.7 Å². The molecule has 1 aliphatic heterocycles. The second-order valence-electron chi connectivity index (χ2n) is 4.90. The van der Waals surface area contributed by atoms with Crippen molar-refractivity contribution in [3.8, 4) is 0 Å². The Balaban J connectivity index is 2.66. The summed E-state index contributed by atoms with van der Waals surface area (Å²) >= 11 is 0.